The van der Waals surface area contributed by atoms with Gasteiger partial charge in [0.25, 0.3) is 0 Å². The van der Waals surface area contributed by atoms with Gasteiger partial charge in [-0.05, 0) is 18.2 Å². The van der Waals surface area contributed by atoms with Gasteiger partial charge in [0.05, 0.1) is 0 Å². The van der Waals surface area contributed by atoms with E-state index in [4.69, 9.17) is 24.8 Å². The monoisotopic (exact) mass is 618 g/mol. The van der Waals surface area contributed by atoms with Crippen LogP contribution >= 0.6 is 0 Å². The van der Waals surface area contributed by atoms with E-state index in [0.717, 1.165) is 0 Å². The number of hydrogen-bond donors (Lipinski definition) is 4. The number of esters is 2. The second-order valence-corrected chi connectivity index (χ2v) is 8.35. The Morgan fingerprint density at radius 2 is 1.09 bits per heavy atom. The lowest BCUT2D eigenvalue weighted by Crippen LogP contribution is -2.47. The van der Waals surface area contributed by atoms with Crippen LogP contribution in [0.15, 0.2) is 24.0 Å². The fraction of sp³-hybridized carbons (Fsp3) is 0.0833. The van der Waals surface area contributed by atoms with Crippen LogP contribution in [0.5, 0.6) is 11.5 Å². The van der Waals surface area contributed by atoms with Crippen molar-refractivity contribution in [1.82, 2.24) is 0 Å². The molecule has 1 aliphatic heterocycles. The third kappa shape index (κ3) is 4.46. The molecule has 1 aliphatic carbocycles. The zero-order valence-electron chi connectivity index (χ0n) is 20.0. The van der Waals surface area contributed by atoms with Crippen LogP contribution in [0.1, 0.15) is 41.4 Å². The number of benzene rings is 2. The molecule has 43 heavy (non-hydrogen) atoms. The smallest absolute Gasteiger partial charge is 0.363 e. The van der Waals surface area contributed by atoms with Crippen LogP contribution in [0.3, 0.4) is 0 Å². The first kappa shape index (κ1) is 30.1. The highest BCUT2D eigenvalue weighted by molar-refractivity contribution is 6.05. The highest BCUT2D eigenvalue weighted by Crippen LogP contribution is 2.43. The molecule has 2 aromatic carbocycles. The summed E-state index contributed by atoms with van der Waals surface area (Å²) in [7, 11) is 0. The molecule has 2 aliphatic rings. The van der Waals surface area contributed by atoms with Crippen molar-refractivity contribution < 1.29 is 89.7 Å². The molecule has 2 unspecified atom stereocenters. The Kier molecular flexibility index (Phi) is 7.13. The molecule has 1 heterocycles. The molecule has 0 aromatic heterocycles. The van der Waals surface area contributed by atoms with E-state index in [9.17, 15) is 55.8 Å². The van der Waals surface area contributed by atoms with Gasteiger partial charge in [0.15, 0.2) is 29.0 Å². The SMILES string of the molecule is O=C(O)c1c(F)c(F)c(OC2=CC3C(=O)OC(=O)C3(Oc3c(F)c(F)c(C(=O)O)c(C(=O)O)c3F)C=C2)c(F)c1C(=O)O. The Morgan fingerprint density at radius 1 is 0.674 bits per heavy atom. The fourth-order valence-electron chi connectivity index (χ4n) is 4.08. The summed E-state index contributed by atoms with van der Waals surface area (Å²) in [5, 5.41) is 36.3. The third-order valence-electron chi connectivity index (χ3n) is 5.96. The maximum atomic E-state index is 15.0. The van der Waals surface area contributed by atoms with Gasteiger partial charge in [0, 0.05) is 0 Å². The lowest BCUT2D eigenvalue weighted by atomic mass is 9.85. The molecule has 19 heteroatoms. The molecule has 4 N–H and O–H groups in total. The summed E-state index contributed by atoms with van der Waals surface area (Å²) in [6.45, 7) is 0. The molecule has 13 nitrogen and oxygen atoms in total. The van der Waals surface area contributed by atoms with Gasteiger partial charge in [-0.1, -0.05) is 0 Å². The van der Waals surface area contributed by atoms with Gasteiger partial charge in [-0.3, -0.25) is 4.79 Å². The van der Waals surface area contributed by atoms with Gasteiger partial charge in [0.2, 0.25) is 23.0 Å². The number of carbonyl (C=O) groups is 6. The molecule has 1 saturated heterocycles. The van der Waals surface area contributed by atoms with Crippen molar-refractivity contribution in [1.29, 1.82) is 0 Å². The van der Waals surface area contributed by atoms with Crippen LogP contribution in [-0.4, -0.2) is 61.8 Å². The average molecular weight is 618 g/mol. The van der Waals surface area contributed by atoms with E-state index in [1.165, 1.54) is 0 Å². The lowest BCUT2D eigenvalue weighted by molar-refractivity contribution is -0.156. The quantitative estimate of drug-likeness (QED) is 0.145. The van der Waals surface area contributed by atoms with E-state index >= 15 is 4.39 Å². The lowest BCUT2D eigenvalue weighted by Gasteiger charge is -2.29. The summed E-state index contributed by atoms with van der Waals surface area (Å²) in [6.07, 6.45) is 1.29. The van der Waals surface area contributed by atoms with Crippen molar-refractivity contribution in [3.05, 3.63) is 81.1 Å². The minimum absolute atomic E-state index is 0.387. The Labute approximate surface area is 230 Å². The highest BCUT2D eigenvalue weighted by atomic mass is 19.2. The minimum Gasteiger partial charge on any atom is -0.478 e. The first-order valence-corrected chi connectivity index (χ1v) is 10.8. The van der Waals surface area contributed by atoms with Gasteiger partial charge in [-0.25, -0.2) is 41.5 Å². The summed E-state index contributed by atoms with van der Waals surface area (Å²) < 4.78 is 102. The summed E-state index contributed by atoms with van der Waals surface area (Å²) in [5.41, 5.74) is -10.7. The summed E-state index contributed by atoms with van der Waals surface area (Å²) in [4.78, 5) is 70.1. The number of carbonyl (C=O) groups excluding carboxylic acids is 2. The second-order valence-electron chi connectivity index (χ2n) is 8.35. The Hall–Kier alpha value is -5.88. The number of cyclic esters (lactones) is 2. The van der Waals surface area contributed by atoms with Crippen LogP contribution in [-0.2, 0) is 14.3 Å². The molecule has 2 atom stereocenters. The number of allylic oxidation sites excluding steroid dienone is 1. The molecule has 0 spiro atoms. The Morgan fingerprint density at radius 3 is 1.56 bits per heavy atom. The predicted octanol–water partition coefficient (Wildman–Crippen LogP) is 2.66. The maximum absolute atomic E-state index is 15.0. The fourth-order valence-corrected chi connectivity index (χ4v) is 4.08. The number of fused-ring (bicyclic) bond motifs is 1. The average Bonchev–Trinajstić information content (AvgIpc) is 3.16. The van der Waals surface area contributed by atoms with Crippen molar-refractivity contribution in [2.45, 2.75) is 5.60 Å². The van der Waals surface area contributed by atoms with Gasteiger partial charge >= 0.3 is 35.8 Å². The zero-order chi connectivity index (χ0) is 32.3. The topological polar surface area (TPSA) is 211 Å². The zero-order valence-corrected chi connectivity index (χ0v) is 20.0. The number of carboxylic acids is 4. The normalized spacial score (nSPS) is 18.9. The largest absolute Gasteiger partial charge is 0.478 e. The van der Waals surface area contributed by atoms with Crippen molar-refractivity contribution in [3.63, 3.8) is 0 Å². The Bertz CT molecular complexity index is 1780. The molecule has 0 amide bonds. The third-order valence-corrected chi connectivity index (χ3v) is 5.96. The van der Waals surface area contributed by atoms with E-state index < -0.39 is 122 Å². The number of carboxylic acid groups (broad SMARTS) is 4. The van der Waals surface area contributed by atoms with Crippen molar-refractivity contribution in [2.24, 2.45) is 5.92 Å². The first-order chi connectivity index (χ1) is 20.0. The molecule has 224 valence electrons. The molecule has 1 fully saturated rings. The second kappa shape index (κ2) is 10.2. The molecular weight excluding hydrogens is 610 g/mol. The minimum atomic E-state index is -3.01. The van der Waals surface area contributed by atoms with Gasteiger partial charge < -0.3 is 34.6 Å². The Balaban J connectivity index is 1.83. The van der Waals surface area contributed by atoms with E-state index in [1.807, 2.05) is 0 Å². The molecule has 4 rings (SSSR count). The highest BCUT2D eigenvalue weighted by Gasteiger charge is 2.60. The van der Waals surface area contributed by atoms with Crippen LogP contribution in [0, 0.1) is 40.8 Å². The number of aromatic carboxylic acids is 4. The first-order valence-electron chi connectivity index (χ1n) is 10.8. The van der Waals surface area contributed by atoms with Crippen LogP contribution < -0.4 is 9.47 Å². The molecule has 0 radical (unpaired) electrons. The van der Waals surface area contributed by atoms with Crippen molar-refractivity contribution in [3.8, 4) is 11.5 Å². The van der Waals surface area contributed by atoms with E-state index in [1.54, 1.807) is 0 Å². The van der Waals surface area contributed by atoms with E-state index in [2.05, 4.69) is 4.74 Å². The van der Waals surface area contributed by atoms with Crippen molar-refractivity contribution >= 4 is 35.8 Å². The summed E-state index contributed by atoms with van der Waals surface area (Å²) in [6, 6.07) is 0. The molecular formula is C24H8F6O13. The van der Waals surface area contributed by atoms with Gasteiger partial charge in [-0.15, -0.1) is 0 Å². The number of hydrogen-bond acceptors (Lipinski definition) is 9. The van der Waals surface area contributed by atoms with Crippen LogP contribution in [0.25, 0.3) is 0 Å². The van der Waals surface area contributed by atoms with E-state index in [-0.39, 0.29) is 0 Å². The van der Waals surface area contributed by atoms with Gasteiger partial charge in [-0.2, -0.15) is 8.78 Å². The number of halogens is 6. The van der Waals surface area contributed by atoms with Crippen LogP contribution in [0.2, 0.25) is 0 Å². The van der Waals surface area contributed by atoms with Gasteiger partial charge in [0.1, 0.15) is 33.9 Å². The summed E-state index contributed by atoms with van der Waals surface area (Å²) >= 11 is 0. The predicted molar refractivity (Wildman–Crippen MR) is 116 cm³/mol. The van der Waals surface area contributed by atoms with E-state index in [0.29, 0.717) is 18.2 Å². The standard InChI is InChI=1S/C24H8F6O13/c25-10-6(18(31)32)8(20(35)36)12(27)16(14(10)29)41-4-1-2-24(5(3-4)22(39)42-23(24)40)43-17-13(28)9(21(37)38)7(19(33)34)11(26)15(17)30/h1-3,5H,(H,31,32)(H,33,34)(H,35,36)(H,37,38). The summed E-state index contributed by atoms with van der Waals surface area (Å²) in [5.74, 6) is -34.2. The number of rotatable bonds is 8. The molecule has 0 bridgehead atoms. The molecule has 0 saturated carbocycles. The van der Waals surface area contributed by atoms with Crippen LogP contribution in [0.4, 0.5) is 26.3 Å². The van der Waals surface area contributed by atoms with Crippen molar-refractivity contribution in [2.75, 3.05) is 0 Å². The number of ether oxygens (including phenoxy) is 3. The molecule has 2 aromatic rings. The maximum Gasteiger partial charge on any atom is 0.363 e.